The third-order valence-electron chi connectivity index (χ3n) is 7.08. The van der Waals surface area contributed by atoms with Gasteiger partial charge in [-0.3, -0.25) is 4.79 Å². The molecule has 2 aliphatic rings. The molecule has 0 spiro atoms. The van der Waals surface area contributed by atoms with Crippen LogP contribution in [0.1, 0.15) is 37.7 Å². The zero-order valence-corrected chi connectivity index (χ0v) is 20.4. The second-order valence-corrected chi connectivity index (χ2v) is 12.1. The monoisotopic (exact) mass is 541 g/mol. The van der Waals surface area contributed by atoms with E-state index in [0.29, 0.717) is 12.8 Å². The third-order valence-corrected chi connectivity index (χ3v) is 10.2. The molecule has 1 aliphatic heterocycles. The van der Waals surface area contributed by atoms with Crippen LogP contribution in [0.25, 0.3) is 0 Å². The fourth-order valence-electron chi connectivity index (χ4n) is 5.05. The molecule has 0 aromatic heterocycles. The molecule has 0 unspecified atom stereocenters. The zero-order chi connectivity index (χ0) is 23.8. The summed E-state index contributed by atoms with van der Waals surface area (Å²) in [6, 6.07) is 8.82. The first kappa shape index (κ1) is 24.3. The fourth-order valence-corrected chi connectivity index (χ4v) is 7.36. The van der Waals surface area contributed by atoms with Crippen molar-refractivity contribution in [3.8, 4) is 0 Å². The lowest BCUT2D eigenvalue weighted by Gasteiger charge is -2.32. The molecule has 9 heteroatoms. The maximum absolute atomic E-state index is 14.5. The summed E-state index contributed by atoms with van der Waals surface area (Å²) in [6.07, 6.45) is 2.96. The minimum absolute atomic E-state index is 0.0648. The van der Waals surface area contributed by atoms with E-state index in [-0.39, 0.29) is 58.8 Å². The van der Waals surface area contributed by atoms with Gasteiger partial charge in [0.05, 0.1) is 9.37 Å². The topological polar surface area (TPSA) is 74.7 Å². The summed E-state index contributed by atoms with van der Waals surface area (Å²) >= 11 is 3.11. The standard InChI is InChI=1S/C24H26BrF2NO4S/c25-21-10-5-18(13-22(21)27)24(33(31,32)20-8-6-19(26)7-9-20)11-12-28(15-24)23(30)17-3-1-16(14-29)2-4-17/h5-10,13,16-17,29H,1-4,11-12,14-15H2/t16?,17?,24-/m0/s1. The second kappa shape index (κ2) is 9.43. The van der Waals surface area contributed by atoms with Crippen molar-refractivity contribution >= 4 is 31.7 Å². The number of hydrogen-bond donors (Lipinski definition) is 1. The summed E-state index contributed by atoms with van der Waals surface area (Å²) in [6.45, 7) is 0.252. The van der Waals surface area contributed by atoms with Crippen LogP contribution in [0.3, 0.4) is 0 Å². The highest BCUT2D eigenvalue weighted by molar-refractivity contribution is 9.10. The highest BCUT2D eigenvalue weighted by Gasteiger charge is 2.52. The maximum atomic E-state index is 14.5. The van der Waals surface area contributed by atoms with Gasteiger partial charge in [0, 0.05) is 25.6 Å². The molecular weight excluding hydrogens is 516 g/mol. The van der Waals surface area contributed by atoms with Gasteiger partial charge in [-0.1, -0.05) is 6.07 Å². The molecule has 2 fully saturated rings. The molecule has 1 aliphatic carbocycles. The molecule has 2 aromatic carbocycles. The van der Waals surface area contributed by atoms with Gasteiger partial charge in [-0.25, -0.2) is 17.2 Å². The molecule has 1 amide bonds. The first-order valence-electron chi connectivity index (χ1n) is 11.0. The Kier molecular flexibility index (Phi) is 6.94. The molecule has 5 nitrogen and oxygen atoms in total. The highest BCUT2D eigenvalue weighted by Crippen LogP contribution is 2.45. The normalized spacial score (nSPS) is 25.9. The van der Waals surface area contributed by atoms with Crippen LogP contribution < -0.4 is 0 Å². The number of amides is 1. The van der Waals surface area contributed by atoms with Crippen molar-refractivity contribution in [2.24, 2.45) is 11.8 Å². The molecule has 1 heterocycles. The number of carbonyl (C=O) groups excluding carboxylic acids is 1. The third kappa shape index (κ3) is 4.47. The Labute approximate surface area is 200 Å². The van der Waals surface area contributed by atoms with Gasteiger partial charge in [-0.15, -0.1) is 0 Å². The average molecular weight is 542 g/mol. The zero-order valence-electron chi connectivity index (χ0n) is 18.0. The predicted molar refractivity (Wildman–Crippen MR) is 123 cm³/mol. The number of rotatable bonds is 5. The SMILES string of the molecule is O=C(C1CCC(CO)CC1)N1CC[C@](c2ccc(Br)c(F)c2)(S(=O)(=O)c2ccc(F)cc2)C1. The molecule has 33 heavy (non-hydrogen) atoms. The number of carbonyl (C=O) groups is 1. The van der Waals surface area contributed by atoms with Gasteiger partial charge >= 0.3 is 0 Å². The van der Waals surface area contributed by atoms with Crippen molar-refractivity contribution in [3.05, 3.63) is 64.1 Å². The molecule has 1 saturated carbocycles. The summed E-state index contributed by atoms with van der Waals surface area (Å²) in [5.41, 5.74) is 0.270. The average Bonchev–Trinajstić information content (AvgIpc) is 3.28. The van der Waals surface area contributed by atoms with Crippen LogP contribution in [0.4, 0.5) is 8.78 Å². The van der Waals surface area contributed by atoms with E-state index in [4.69, 9.17) is 0 Å². The van der Waals surface area contributed by atoms with E-state index < -0.39 is 26.2 Å². The summed E-state index contributed by atoms with van der Waals surface area (Å²) in [5.74, 6) is -1.25. The Morgan fingerprint density at radius 2 is 1.76 bits per heavy atom. The molecule has 2 aromatic rings. The maximum Gasteiger partial charge on any atom is 0.225 e. The van der Waals surface area contributed by atoms with E-state index in [1.807, 2.05) is 0 Å². The van der Waals surface area contributed by atoms with Gasteiger partial charge < -0.3 is 10.0 Å². The molecule has 178 valence electrons. The van der Waals surface area contributed by atoms with E-state index in [1.165, 1.54) is 24.3 Å². The van der Waals surface area contributed by atoms with Gasteiger partial charge in [0.25, 0.3) is 0 Å². The Bertz CT molecular complexity index is 1130. The van der Waals surface area contributed by atoms with Gasteiger partial charge in [0.2, 0.25) is 5.91 Å². The number of hydrogen-bond acceptors (Lipinski definition) is 4. The molecule has 1 atom stereocenters. The Balaban J connectivity index is 1.70. The Morgan fingerprint density at radius 1 is 1.09 bits per heavy atom. The van der Waals surface area contributed by atoms with E-state index >= 15 is 0 Å². The van der Waals surface area contributed by atoms with Crippen LogP contribution in [-0.2, 0) is 19.4 Å². The lowest BCUT2D eigenvalue weighted by Crippen LogP contribution is -2.42. The van der Waals surface area contributed by atoms with Crippen LogP contribution in [0, 0.1) is 23.5 Å². The lowest BCUT2D eigenvalue weighted by atomic mass is 9.82. The Morgan fingerprint density at radius 3 is 2.36 bits per heavy atom. The smallest absolute Gasteiger partial charge is 0.225 e. The molecule has 1 saturated heterocycles. The van der Waals surface area contributed by atoms with Crippen LogP contribution in [0.15, 0.2) is 51.8 Å². The van der Waals surface area contributed by atoms with Crippen molar-refractivity contribution in [1.29, 1.82) is 0 Å². The predicted octanol–water partition coefficient (Wildman–Crippen LogP) is 4.43. The lowest BCUT2D eigenvalue weighted by molar-refractivity contribution is -0.136. The van der Waals surface area contributed by atoms with E-state index in [2.05, 4.69) is 15.9 Å². The molecular formula is C24H26BrF2NO4S. The van der Waals surface area contributed by atoms with E-state index in [9.17, 15) is 27.1 Å². The number of sulfone groups is 1. The Hall–Kier alpha value is -1.84. The van der Waals surface area contributed by atoms with Gasteiger partial charge in [-0.05, 0) is 95.9 Å². The molecule has 0 bridgehead atoms. The summed E-state index contributed by atoms with van der Waals surface area (Å²) < 4.78 is 54.4. The molecule has 4 rings (SSSR count). The number of halogens is 3. The number of likely N-dealkylation sites (tertiary alicyclic amines) is 1. The van der Waals surface area contributed by atoms with Gasteiger partial charge in [0.15, 0.2) is 9.84 Å². The van der Waals surface area contributed by atoms with Gasteiger partial charge in [0.1, 0.15) is 16.4 Å². The first-order valence-corrected chi connectivity index (χ1v) is 13.3. The van der Waals surface area contributed by atoms with Gasteiger partial charge in [-0.2, -0.15) is 0 Å². The summed E-state index contributed by atoms with van der Waals surface area (Å²) in [5, 5.41) is 9.36. The number of nitrogens with zero attached hydrogens (tertiary/aromatic N) is 1. The fraction of sp³-hybridized carbons (Fsp3) is 0.458. The molecule has 0 radical (unpaired) electrons. The number of benzene rings is 2. The van der Waals surface area contributed by atoms with Crippen molar-refractivity contribution in [3.63, 3.8) is 0 Å². The number of aliphatic hydroxyl groups is 1. The minimum Gasteiger partial charge on any atom is -0.396 e. The minimum atomic E-state index is -4.09. The largest absolute Gasteiger partial charge is 0.396 e. The van der Waals surface area contributed by atoms with Crippen molar-refractivity contribution < 1.29 is 27.1 Å². The van der Waals surface area contributed by atoms with Crippen LogP contribution in [0.2, 0.25) is 0 Å². The number of aliphatic hydroxyl groups excluding tert-OH is 1. The first-order chi connectivity index (χ1) is 15.7. The van der Waals surface area contributed by atoms with E-state index in [1.54, 1.807) is 11.0 Å². The highest BCUT2D eigenvalue weighted by atomic mass is 79.9. The van der Waals surface area contributed by atoms with E-state index in [0.717, 1.165) is 25.0 Å². The molecule has 1 N–H and O–H groups in total. The van der Waals surface area contributed by atoms with Crippen molar-refractivity contribution in [1.82, 2.24) is 4.90 Å². The van der Waals surface area contributed by atoms with Crippen LogP contribution in [0.5, 0.6) is 0 Å². The second-order valence-electron chi connectivity index (χ2n) is 8.99. The van der Waals surface area contributed by atoms with Crippen molar-refractivity contribution in [2.45, 2.75) is 41.7 Å². The van der Waals surface area contributed by atoms with Crippen molar-refractivity contribution in [2.75, 3.05) is 19.7 Å². The summed E-state index contributed by atoms with van der Waals surface area (Å²) in [4.78, 5) is 14.8. The van der Waals surface area contributed by atoms with Crippen LogP contribution in [-0.4, -0.2) is 44.0 Å². The summed E-state index contributed by atoms with van der Waals surface area (Å²) in [7, 11) is -4.09. The quantitative estimate of drug-likeness (QED) is 0.568. The van der Waals surface area contributed by atoms with Crippen LogP contribution >= 0.6 is 15.9 Å².